The molecule has 0 saturated carbocycles. The molecule has 0 aliphatic carbocycles. The van der Waals surface area contributed by atoms with Gasteiger partial charge in [-0.05, 0) is 44.4 Å². The number of ether oxygens (including phenoxy) is 2. The monoisotopic (exact) mass is 703 g/mol. The highest BCUT2D eigenvalue weighted by atomic mass is 35.5. The number of piperazine rings is 1. The second-order valence-electron chi connectivity index (χ2n) is 13.3. The molecule has 1 aliphatic rings. The minimum absolute atomic E-state index is 0.0252. The van der Waals surface area contributed by atoms with Gasteiger partial charge in [0.05, 0.1) is 47.5 Å². The first-order chi connectivity index (χ1) is 23.8. The van der Waals surface area contributed by atoms with Crippen molar-refractivity contribution in [3.8, 4) is 11.8 Å². The number of carbonyl (C=O) groups is 2. The predicted molar refractivity (Wildman–Crippen MR) is 186 cm³/mol. The van der Waals surface area contributed by atoms with E-state index in [9.17, 15) is 19.6 Å². The number of aromatic nitrogens is 4. The molecule has 1 fully saturated rings. The highest BCUT2D eigenvalue weighted by molar-refractivity contribution is 6.30. The Kier molecular flexibility index (Phi) is 11.1. The van der Waals surface area contributed by atoms with Gasteiger partial charge in [0.25, 0.3) is 0 Å². The van der Waals surface area contributed by atoms with Crippen LogP contribution in [0.15, 0.2) is 53.5 Å². The van der Waals surface area contributed by atoms with Crippen molar-refractivity contribution in [1.29, 1.82) is 5.26 Å². The number of Topliss-reactive ketones (excluding diaryl/α,β-unsaturated/α-hetero) is 1. The average molecular weight is 704 g/mol. The number of carbonyl (C=O) groups excluding carboxylic acids is 2. The molecule has 0 spiro atoms. The summed E-state index contributed by atoms with van der Waals surface area (Å²) in [6.45, 7) is 10.1. The van der Waals surface area contributed by atoms with E-state index in [0.717, 1.165) is 16.2 Å². The molecule has 0 N–H and O–H groups in total. The van der Waals surface area contributed by atoms with Gasteiger partial charge in [0.1, 0.15) is 12.4 Å². The third-order valence-corrected chi connectivity index (χ3v) is 8.46. The molecule has 5 rings (SSSR count). The van der Waals surface area contributed by atoms with E-state index in [2.05, 4.69) is 21.0 Å². The van der Waals surface area contributed by atoms with Crippen LogP contribution in [0.25, 0.3) is 16.7 Å². The fraction of sp³-hybridized carbons (Fsp3) is 0.417. The van der Waals surface area contributed by atoms with E-state index in [-0.39, 0.29) is 85.5 Å². The van der Waals surface area contributed by atoms with Crippen LogP contribution in [-0.2, 0) is 16.1 Å². The predicted octanol–water partition coefficient (Wildman–Crippen LogP) is 6.22. The lowest BCUT2D eigenvalue weighted by molar-refractivity contribution is -0.00230. The second-order valence-corrected chi connectivity index (χ2v) is 13.6. The van der Waals surface area contributed by atoms with Gasteiger partial charge in [0.15, 0.2) is 22.4 Å². The first kappa shape index (κ1) is 36.4. The summed E-state index contributed by atoms with van der Waals surface area (Å²) in [5, 5.41) is 9.31. The standard InChI is InChI=1S/C36H39ClFN7O5/c1-22(2)29-30(25(12-15-40-29)28(46)13-18-50-36(3,4)5)45-33-26(19-27(38)31(37)41-33)32(42-34(45)47)43-16-17-44(24(20-43)11-14-39)35(48)49-21-23-9-7-6-8-10-23/h6-10,12,15,19,22,24H,11,13,16-18,20-21H2,1-5H3. The summed E-state index contributed by atoms with van der Waals surface area (Å²) < 4.78 is 27.6. The summed E-state index contributed by atoms with van der Waals surface area (Å²) in [6.07, 6.45) is 0.933. The van der Waals surface area contributed by atoms with Crippen LogP contribution < -0.4 is 10.6 Å². The fourth-order valence-electron chi connectivity index (χ4n) is 5.83. The molecule has 50 heavy (non-hydrogen) atoms. The number of nitriles is 1. The molecule has 1 aromatic carbocycles. The van der Waals surface area contributed by atoms with E-state index in [4.69, 9.17) is 21.1 Å². The zero-order valence-electron chi connectivity index (χ0n) is 28.7. The number of hydrogen-bond donors (Lipinski definition) is 0. The van der Waals surface area contributed by atoms with Crippen molar-refractivity contribution < 1.29 is 23.5 Å². The smallest absolute Gasteiger partial charge is 0.410 e. The summed E-state index contributed by atoms with van der Waals surface area (Å²) in [4.78, 5) is 57.3. The number of ketones is 1. The van der Waals surface area contributed by atoms with Crippen LogP contribution in [0, 0.1) is 17.1 Å². The van der Waals surface area contributed by atoms with E-state index in [1.165, 1.54) is 17.2 Å². The topological polar surface area (TPSA) is 144 Å². The number of benzene rings is 1. The molecular weight excluding hydrogens is 665 g/mol. The first-order valence-corrected chi connectivity index (χ1v) is 16.7. The highest BCUT2D eigenvalue weighted by Gasteiger charge is 2.34. The molecule has 1 saturated heterocycles. The Morgan fingerprint density at radius 1 is 1.14 bits per heavy atom. The van der Waals surface area contributed by atoms with E-state index in [0.29, 0.717) is 5.69 Å². The minimum Gasteiger partial charge on any atom is -0.445 e. The summed E-state index contributed by atoms with van der Waals surface area (Å²) in [5.41, 5.74) is 0.367. The van der Waals surface area contributed by atoms with E-state index >= 15 is 4.39 Å². The van der Waals surface area contributed by atoms with Crippen molar-refractivity contribution in [2.24, 2.45) is 0 Å². The Balaban J connectivity index is 1.56. The maximum atomic E-state index is 15.2. The molecule has 0 bridgehead atoms. The molecule has 1 aliphatic heterocycles. The molecule has 0 radical (unpaired) electrons. The van der Waals surface area contributed by atoms with E-state index in [1.54, 1.807) is 4.90 Å². The van der Waals surface area contributed by atoms with Crippen LogP contribution in [0.5, 0.6) is 0 Å². The van der Waals surface area contributed by atoms with Gasteiger partial charge in [-0.2, -0.15) is 10.2 Å². The van der Waals surface area contributed by atoms with Crippen LogP contribution in [0.1, 0.15) is 75.0 Å². The Morgan fingerprint density at radius 3 is 2.56 bits per heavy atom. The quantitative estimate of drug-likeness (QED) is 0.138. The Hall–Kier alpha value is -4.93. The molecule has 1 unspecified atom stereocenters. The number of anilines is 1. The summed E-state index contributed by atoms with van der Waals surface area (Å²) in [7, 11) is 0. The van der Waals surface area contributed by atoms with E-state index in [1.807, 2.05) is 65.0 Å². The Morgan fingerprint density at radius 2 is 1.88 bits per heavy atom. The van der Waals surface area contributed by atoms with Crippen LogP contribution in [0.4, 0.5) is 15.0 Å². The third-order valence-electron chi connectivity index (χ3n) is 8.20. The summed E-state index contributed by atoms with van der Waals surface area (Å²) >= 11 is 6.22. The zero-order chi connectivity index (χ0) is 36.2. The van der Waals surface area contributed by atoms with Crippen molar-refractivity contribution in [2.75, 3.05) is 31.1 Å². The zero-order valence-corrected chi connectivity index (χ0v) is 29.4. The van der Waals surface area contributed by atoms with Crippen LogP contribution in [-0.4, -0.2) is 74.2 Å². The molecule has 14 heteroatoms. The fourth-order valence-corrected chi connectivity index (χ4v) is 5.97. The summed E-state index contributed by atoms with van der Waals surface area (Å²) in [6, 6.07) is 13.4. The van der Waals surface area contributed by atoms with Crippen molar-refractivity contribution in [2.45, 2.75) is 71.6 Å². The van der Waals surface area contributed by atoms with Gasteiger partial charge in [-0.25, -0.2) is 23.5 Å². The normalized spacial score (nSPS) is 15.0. The number of pyridine rings is 2. The molecule has 3 aromatic heterocycles. The molecule has 262 valence electrons. The van der Waals surface area contributed by atoms with Crippen molar-refractivity contribution >= 4 is 40.3 Å². The van der Waals surface area contributed by atoms with E-state index < -0.39 is 34.4 Å². The number of amides is 1. The largest absolute Gasteiger partial charge is 0.445 e. The maximum absolute atomic E-state index is 15.2. The van der Waals surface area contributed by atoms with Gasteiger partial charge >= 0.3 is 11.8 Å². The number of rotatable bonds is 10. The van der Waals surface area contributed by atoms with Gasteiger partial charge < -0.3 is 19.3 Å². The lowest BCUT2D eigenvalue weighted by Crippen LogP contribution is -2.55. The van der Waals surface area contributed by atoms with Crippen molar-refractivity contribution in [1.82, 2.24) is 24.4 Å². The Labute approximate surface area is 294 Å². The molecule has 12 nitrogen and oxygen atoms in total. The first-order valence-electron chi connectivity index (χ1n) is 16.3. The molecule has 4 heterocycles. The molecule has 1 atom stereocenters. The highest BCUT2D eigenvalue weighted by Crippen LogP contribution is 2.32. The number of halogens is 2. The lowest BCUT2D eigenvalue weighted by atomic mass is 10.00. The van der Waals surface area contributed by atoms with Crippen LogP contribution >= 0.6 is 11.6 Å². The number of fused-ring (bicyclic) bond motifs is 1. The Bertz CT molecular complexity index is 1990. The van der Waals surface area contributed by atoms with Crippen molar-refractivity contribution in [3.05, 3.63) is 86.9 Å². The van der Waals surface area contributed by atoms with Crippen molar-refractivity contribution in [3.63, 3.8) is 0 Å². The van der Waals surface area contributed by atoms with Gasteiger partial charge in [-0.1, -0.05) is 55.8 Å². The average Bonchev–Trinajstić information content (AvgIpc) is 3.07. The number of hydrogen-bond acceptors (Lipinski definition) is 10. The third kappa shape index (κ3) is 8.09. The second kappa shape index (κ2) is 15.3. The van der Waals surface area contributed by atoms with Gasteiger partial charge in [-0.15, -0.1) is 0 Å². The summed E-state index contributed by atoms with van der Waals surface area (Å²) in [5.74, 6) is -1.26. The van der Waals surface area contributed by atoms with Gasteiger partial charge in [0.2, 0.25) is 0 Å². The maximum Gasteiger partial charge on any atom is 0.410 e. The lowest BCUT2D eigenvalue weighted by Gasteiger charge is -2.40. The van der Waals surface area contributed by atoms with Crippen LogP contribution in [0.3, 0.4) is 0 Å². The van der Waals surface area contributed by atoms with Crippen LogP contribution in [0.2, 0.25) is 5.15 Å². The van der Waals surface area contributed by atoms with Gasteiger partial charge in [-0.3, -0.25) is 9.78 Å². The minimum atomic E-state index is -0.838. The number of nitrogens with zero attached hydrogens (tertiary/aromatic N) is 7. The molecule has 1 amide bonds. The van der Waals surface area contributed by atoms with Gasteiger partial charge in [0, 0.05) is 37.8 Å². The molecular formula is C36H39ClFN7O5. The molecule has 4 aromatic rings. The SMILES string of the molecule is CC(C)c1nccc(C(=O)CCOC(C)(C)C)c1-n1c(=O)nc(N2CCN(C(=O)OCc3ccccc3)C(CC#N)C2)c2cc(F)c(Cl)nc21.